The molecule has 0 saturated carbocycles. The Morgan fingerprint density at radius 2 is 1.84 bits per heavy atom. The molecular formula is C33H25ClN4O5. The van der Waals surface area contributed by atoms with Crippen LogP contribution in [0.15, 0.2) is 89.6 Å². The number of para-hydroxylation sites is 1. The summed E-state index contributed by atoms with van der Waals surface area (Å²) in [6.45, 7) is 4.01. The fourth-order valence-electron chi connectivity index (χ4n) is 5.00. The second-order valence-corrected chi connectivity index (χ2v) is 10.3. The highest BCUT2D eigenvalue weighted by atomic mass is 35.5. The molecule has 0 saturated heterocycles. The van der Waals surface area contributed by atoms with E-state index in [0.717, 1.165) is 10.6 Å². The van der Waals surface area contributed by atoms with Gasteiger partial charge in [0.25, 0.3) is 11.8 Å². The third-order valence-corrected chi connectivity index (χ3v) is 7.47. The number of carbonyl (C=O) groups excluding carboxylic acids is 2. The molecule has 2 amide bonds. The van der Waals surface area contributed by atoms with Crippen molar-refractivity contribution in [3.05, 3.63) is 106 Å². The fraction of sp³-hybridized carbons (Fsp3) is 0.152. The van der Waals surface area contributed by atoms with Gasteiger partial charge in [0, 0.05) is 22.9 Å². The van der Waals surface area contributed by atoms with E-state index in [1.807, 2.05) is 49.4 Å². The highest BCUT2D eigenvalue weighted by Crippen LogP contribution is 2.36. The van der Waals surface area contributed by atoms with Crippen molar-refractivity contribution in [2.45, 2.75) is 20.4 Å². The molecule has 0 spiro atoms. The quantitative estimate of drug-likeness (QED) is 0.188. The van der Waals surface area contributed by atoms with Gasteiger partial charge in [0.1, 0.15) is 23.1 Å². The van der Waals surface area contributed by atoms with Crippen LogP contribution in [0, 0.1) is 11.3 Å². The van der Waals surface area contributed by atoms with E-state index in [4.69, 9.17) is 30.9 Å². The van der Waals surface area contributed by atoms with Gasteiger partial charge in [-0.15, -0.1) is 0 Å². The van der Waals surface area contributed by atoms with E-state index in [1.54, 1.807) is 54.2 Å². The maximum Gasteiger partial charge on any atom is 0.271 e. The van der Waals surface area contributed by atoms with E-state index < -0.39 is 11.8 Å². The number of ether oxygens (including phenoxy) is 3. The van der Waals surface area contributed by atoms with Crippen molar-refractivity contribution >= 4 is 29.5 Å². The number of hydrogen-bond donors (Lipinski definition) is 0. The first kappa shape index (κ1) is 27.8. The van der Waals surface area contributed by atoms with Crippen LogP contribution in [-0.2, 0) is 16.1 Å². The number of rotatable bonds is 7. The van der Waals surface area contributed by atoms with E-state index >= 15 is 0 Å². The summed E-state index contributed by atoms with van der Waals surface area (Å²) < 4.78 is 18.1. The molecule has 214 valence electrons. The third kappa shape index (κ3) is 5.25. The van der Waals surface area contributed by atoms with Gasteiger partial charge in [-0.3, -0.25) is 14.5 Å². The Kier molecular flexibility index (Phi) is 7.45. The van der Waals surface area contributed by atoms with Crippen LogP contribution in [0.2, 0.25) is 5.02 Å². The standard InChI is InChI=1S/C33H25ClN4O5/c1-3-41-28-12-10-22(15-27(28)34)31-23(18-38(36-31)24-7-5-4-6-8-24)14-25-20(2)26(16-35)33(40)37(32(25)39)17-21-9-11-29-30(13-21)43-19-42-29/h4-15,18H,3,17,19H2,1-2H3/b25-14+. The van der Waals surface area contributed by atoms with Crippen LogP contribution in [0.3, 0.4) is 0 Å². The van der Waals surface area contributed by atoms with Gasteiger partial charge >= 0.3 is 0 Å². The zero-order valence-electron chi connectivity index (χ0n) is 23.3. The highest BCUT2D eigenvalue weighted by Gasteiger charge is 2.36. The summed E-state index contributed by atoms with van der Waals surface area (Å²) in [7, 11) is 0. The number of amides is 2. The highest BCUT2D eigenvalue weighted by molar-refractivity contribution is 6.32. The van der Waals surface area contributed by atoms with Crippen molar-refractivity contribution < 1.29 is 23.8 Å². The Morgan fingerprint density at radius 1 is 1.05 bits per heavy atom. The molecule has 3 aromatic carbocycles. The molecule has 0 radical (unpaired) electrons. The average molecular weight is 593 g/mol. The molecule has 1 aromatic heterocycles. The van der Waals surface area contributed by atoms with E-state index in [-0.39, 0.29) is 24.5 Å². The van der Waals surface area contributed by atoms with Gasteiger partial charge in [-0.2, -0.15) is 10.4 Å². The number of hydrogen-bond acceptors (Lipinski definition) is 7. The molecule has 3 heterocycles. The van der Waals surface area contributed by atoms with Gasteiger partial charge in [0.2, 0.25) is 6.79 Å². The fourth-order valence-corrected chi connectivity index (χ4v) is 5.24. The second kappa shape index (κ2) is 11.5. The lowest BCUT2D eigenvalue weighted by Crippen LogP contribution is -2.42. The van der Waals surface area contributed by atoms with Crippen LogP contribution >= 0.6 is 11.6 Å². The van der Waals surface area contributed by atoms with E-state index in [0.29, 0.717) is 56.8 Å². The zero-order chi connectivity index (χ0) is 30.1. The molecule has 0 N–H and O–H groups in total. The van der Waals surface area contributed by atoms with Crippen molar-refractivity contribution in [1.29, 1.82) is 5.26 Å². The number of nitriles is 1. The summed E-state index contributed by atoms with van der Waals surface area (Å²) in [5.74, 6) is 0.490. The van der Waals surface area contributed by atoms with Gasteiger partial charge in [-0.1, -0.05) is 35.9 Å². The lowest BCUT2D eigenvalue weighted by molar-refractivity contribution is -0.141. The van der Waals surface area contributed by atoms with Crippen LogP contribution in [0.5, 0.6) is 17.2 Å². The summed E-state index contributed by atoms with van der Waals surface area (Å²) in [6, 6.07) is 22.1. The number of carbonyl (C=O) groups is 2. The number of fused-ring (bicyclic) bond motifs is 1. The molecule has 6 rings (SSSR count). The van der Waals surface area contributed by atoms with Crippen molar-refractivity contribution in [2.24, 2.45) is 0 Å². The Hall–Kier alpha value is -5.33. The number of aromatic nitrogens is 2. The minimum atomic E-state index is -0.654. The zero-order valence-corrected chi connectivity index (χ0v) is 24.1. The summed E-state index contributed by atoms with van der Waals surface area (Å²) >= 11 is 6.52. The molecule has 0 aliphatic carbocycles. The average Bonchev–Trinajstić information content (AvgIpc) is 3.66. The van der Waals surface area contributed by atoms with E-state index in [1.165, 1.54) is 0 Å². The molecule has 0 bridgehead atoms. The van der Waals surface area contributed by atoms with Crippen LogP contribution in [0.1, 0.15) is 25.0 Å². The summed E-state index contributed by atoms with van der Waals surface area (Å²) in [5.41, 5.74) is 3.72. The summed E-state index contributed by atoms with van der Waals surface area (Å²) in [6.07, 6.45) is 3.47. The van der Waals surface area contributed by atoms with Gasteiger partial charge in [-0.25, -0.2) is 4.68 Å². The minimum absolute atomic E-state index is 0.0469. The Balaban J connectivity index is 1.45. The van der Waals surface area contributed by atoms with E-state index in [9.17, 15) is 14.9 Å². The molecule has 9 nitrogen and oxygen atoms in total. The summed E-state index contributed by atoms with van der Waals surface area (Å²) in [4.78, 5) is 28.3. The predicted octanol–water partition coefficient (Wildman–Crippen LogP) is 6.11. The van der Waals surface area contributed by atoms with Crippen molar-refractivity contribution in [1.82, 2.24) is 14.7 Å². The molecule has 0 unspecified atom stereocenters. The molecule has 4 aromatic rings. The van der Waals surface area contributed by atoms with E-state index in [2.05, 4.69) is 0 Å². The number of halogens is 1. The second-order valence-electron chi connectivity index (χ2n) is 9.85. The van der Waals surface area contributed by atoms with Gasteiger partial charge < -0.3 is 14.2 Å². The first-order valence-electron chi connectivity index (χ1n) is 13.5. The molecule has 10 heteroatoms. The SMILES string of the molecule is CCOc1ccc(-c2nn(-c3ccccc3)cc2/C=C2/C(=O)N(Cc3ccc4c(c3)OCO4)C(=O)C(C#N)=C2C)cc1Cl. The Morgan fingerprint density at radius 3 is 2.58 bits per heavy atom. The molecule has 2 aliphatic rings. The summed E-state index contributed by atoms with van der Waals surface area (Å²) in [5, 5.41) is 15.2. The maximum atomic E-state index is 13.9. The first-order chi connectivity index (χ1) is 20.9. The number of imide groups is 1. The smallest absolute Gasteiger partial charge is 0.271 e. The third-order valence-electron chi connectivity index (χ3n) is 7.17. The van der Waals surface area contributed by atoms with Crippen molar-refractivity contribution in [2.75, 3.05) is 13.4 Å². The number of benzene rings is 3. The topological polar surface area (TPSA) is 107 Å². The largest absolute Gasteiger partial charge is 0.492 e. The lowest BCUT2D eigenvalue weighted by Gasteiger charge is -2.27. The first-order valence-corrected chi connectivity index (χ1v) is 13.9. The van der Waals surface area contributed by atoms with Gasteiger partial charge in [0.15, 0.2) is 11.5 Å². The minimum Gasteiger partial charge on any atom is -0.492 e. The Labute approximate surface area is 252 Å². The Bertz CT molecular complexity index is 1870. The van der Waals surface area contributed by atoms with Crippen LogP contribution in [-0.4, -0.2) is 39.9 Å². The van der Waals surface area contributed by atoms with Crippen molar-refractivity contribution in [3.63, 3.8) is 0 Å². The predicted molar refractivity (Wildman–Crippen MR) is 160 cm³/mol. The normalized spacial score (nSPS) is 15.3. The van der Waals surface area contributed by atoms with Crippen LogP contribution in [0.4, 0.5) is 0 Å². The lowest BCUT2D eigenvalue weighted by atomic mass is 9.93. The van der Waals surface area contributed by atoms with Crippen LogP contribution < -0.4 is 14.2 Å². The van der Waals surface area contributed by atoms with Crippen molar-refractivity contribution in [3.8, 4) is 40.3 Å². The molecule has 43 heavy (non-hydrogen) atoms. The number of nitrogens with zero attached hydrogens (tertiary/aromatic N) is 4. The van der Waals surface area contributed by atoms with Gasteiger partial charge in [-0.05, 0) is 73.5 Å². The maximum absolute atomic E-state index is 13.9. The van der Waals surface area contributed by atoms with Crippen LogP contribution in [0.25, 0.3) is 23.0 Å². The molecule has 2 aliphatic heterocycles. The van der Waals surface area contributed by atoms with Gasteiger partial charge in [0.05, 0.1) is 23.9 Å². The molecule has 0 fully saturated rings. The molecule has 0 atom stereocenters. The monoisotopic (exact) mass is 592 g/mol. The molecular weight excluding hydrogens is 568 g/mol.